The molecule has 0 radical (unpaired) electrons. The minimum absolute atomic E-state index is 0.0353. The van der Waals surface area contributed by atoms with Crippen molar-refractivity contribution in [2.45, 2.75) is 211 Å². The van der Waals surface area contributed by atoms with Crippen LogP contribution in [-0.2, 0) is 102 Å². The van der Waals surface area contributed by atoms with Gasteiger partial charge in [-0.1, -0.05) is 73.5 Å². The first-order valence-electron chi connectivity index (χ1n) is 38.1. The first-order chi connectivity index (χ1) is 53.4. The summed E-state index contributed by atoms with van der Waals surface area (Å²) in [6.45, 7) is 14.9. The Bertz CT molecular complexity index is 4230. The van der Waals surface area contributed by atoms with E-state index in [4.69, 9.17) is 15.2 Å². The van der Waals surface area contributed by atoms with Gasteiger partial charge in [0, 0.05) is 71.8 Å². The van der Waals surface area contributed by atoms with Gasteiger partial charge in [-0.2, -0.15) is 0 Å². The van der Waals surface area contributed by atoms with E-state index in [1.165, 1.54) is 73.2 Å². The highest BCUT2D eigenvalue weighted by atomic mass is 19.1. The van der Waals surface area contributed by atoms with Gasteiger partial charge >= 0.3 is 11.9 Å². The van der Waals surface area contributed by atoms with E-state index < -0.39 is 191 Å². The molecule has 6 aliphatic rings. The third kappa shape index (κ3) is 21.5. The zero-order valence-corrected chi connectivity index (χ0v) is 65.2. The minimum Gasteiger partial charge on any atom is -0.458 e. The van der Waals surface area contributed by atoms with Gasteiger partial charge in [0.25, 0.3) is 0 Å². The fourth-order valence-electron chi connectivity index (χ4n) is 15.2. The molecule has 8 N–H and O–H groups in total. The molecule has 610 valence electrons. The number of nitrogens with zero attached hydrogens (tertiary/aromatic N) is 6. The van der Waals surface area contributed by atoms with Gasteiger partial charge in [-0.05, 0) is 145 Å². The van der Waals surface area contributed by atoms with Crippen LogP contribution in [0.4, 0.5) is 17.6 Å². The van der Waals surface area contributed by atoms with Crippen LogP contribution >= 0.6 is 0 Å². The van der Waals surface area contributed by atoms with Crippen molar-refractivity contribution >= 4 is 82.8 Å². The van der Waals surface area contributed by atoms with Crippen LogP contribution in [0.15, 0.2) is 84.9 Å². The highest BCUT2D eigenvalue weighted by molar-refractivity contribution is 6.00. The number of nitrogens with one attached hydrogen (secondary N) is 6. The van der Waals surface area contributed by atoms with Crippen molar-refractivity contribution in [3.8, 4) is 0 Å². The molecule has 113 heavy (non-hydrogen) atoms. The van der Waals surface area contributed by atoms with Gasteiger partial charge in [-0.25, -0.2) is 27.2 Å². The molecule has 4 aromatic carbocycles. The van der Waals surface area contributed by atoms with E-state index in [1.807, 2.05) is 52.0 Å². The predicted molar refractivity (Wildman–Crippen MR) is 400 cm³/mol. The van der Waals surface area contributed by atoms with Gasteiger partial charge < -0.3 is 76.5 Å². The summed E-state index contributed by atoms with van der Waals surface area (Å²) in [5.41, 5.74) is 9.25. The van der Waals surface area contributed by atoms with Crippen molar-refractivity contribution in [3.05, 3.63) is 142 Å². The summed E-state index contributed by atoms with van der Waals surface area (Å²) < 4.78 is 68.9. The maximum atomic E-state index is 14.6. The second-order valence-corrected chi connectivity index (χ2v) is 30.6. The van der Waals surface area contributed by atoms with Crippen molar-refractivity contribution in [1.82, 2.24) is 61.3 Å². The number of hydrogen-bond donors (Lipinski definition) is 7. The number of carbonyl (C=O) groups is 14. The van der Waals surface area contributed by atoms with E-state index in [-0.39, 0.29) is 107 Å². The second kappa shape index (κ2) is 37.6. The van der Waals surface area contributed by atoms with Crippen LogP contribution in [-0.4, -0.2) is 244 Å². The standard InChI is InChI=1S/C40H51F2N7O8.C40H50F2N6O8/c1-21-8-10-25(11-9-21)17-33(50)45-29(16-26-14-27(41)18-28(42)15-26)35(51)46-34-24(4)57-40(56)31-13-22(2)20-49(31)37(53)23(3)44-36(52)32(19-43)47(5)38(54)30-7-6-12-48(30)39(34)55;1-21-9-11-26(12-10-21)18-33(49)44-30(17-27-15-28(41)19-29(42)16-27)36(51)45-34-25(5)56-40(55)32-14-22(2)20-48(32)37(52)23(3)43-35(50)24(4)46(6)38(53)31-8-7-13-47(31)39(34)54/h8-11,14-15,18,22-24,29-32,34H,6-7,12-13,16-17,19-20,43H2,1-5H3,(H,44,52)(H,45,50)(H,46,51);9-12,15-16,19,22-25,30-32,34H,7-8,13-14,17-18,20H2,1-6H3,(H,43,50)(H,44,49)(H,45,51)/t22-,23+,24+,29+,30+,31+,32+,34+;22-,23+,24+,25+,30+,31+,32+,34+/m11/s1. The Morgan fingerprint density at radius 2 is 0.841 bits per heavy atom. The van der Waals surface area contributed by atoms with Gasteiger partial charge in [0.15, 0.2) is 0 Å². The van der Waals surface area contributed by atoms with Crippen molar-refractivity contribution in [2.75, 3.05) is 46.8 Å². The number of fused-ring (bicyclic) bond motifs is 4. The molecular formula is C80H101F4N13O16. The van der Waals surface area contributed by atoms with Gasteiger partial charge in [0.2, 0.25) is 70.9 Å². The molecule has 0 aromatic heterocycles. The average Bonchev–Trinajstić information content (AvgIpc) is 1.48. The summed E-state index contributed by atoms with van der Waals surface area (Å²) in [7, 11) is 2.79. The number of halogens is 4. The maximum absolute atomic E-state index is 14.6. The Morgan fingerprint density at radius 3 is 1.21 bits per heavy atom. The number of amides is 12. The third-order valence-electron chi connectivity index (χ3n) is 21.5. The number of nitrogens with two attached hydrogens (primary N) is 1. The van der Waals surface area contributed by atoms with Crippen LogP contribution < -0.4 is 37.6 Å². The van der Waals surface area contributed by atoms with Crippen LogP contribution in [0.25, 0.3) is 0 Å². The molecule has 0 bridgehead atoms. The first kappa shape index (κ1) is 86.1. The van der Waals surface area contributed by atoms with Gasteiger partial charge in [-0.3, -0.25) is 57.5 Å². The third-order valence-corrected chi connectivity index (χ3v) is 21.5. The Labute approximate surface area is 652 Å². The molecule has 33 heteroatoms. The number of cyclic esters (lactones) is 2. The highest BCUT2D eigenvalue weighted by Gasteiger charge is 2.50. The molecule has 6 fully saturated rings. The fraction of sp³-hybridized carbons (Fsp3) is 0.525. The summed E-state index contributed by atoms with van der Waals surface area (Å²) in [6.07, 6.45) is -2.08. The quantitative estimate of drug-likeness (QED) is 0.0661. The summed E-state index contributed by atoms with van der Waals surface area (Å²) in [5, 5.41) is 15.8. The highest BCUT2D eigenvalue weighted by Crippen LogP contribution is 2.31. The average molecular weight is 1580 g/mol. The Balaban J connectivity index is 0.000000259. The van der Waals surface area contributed by atoms with E-state index in [1.54, 1.807) is 24.3 Å². The van der Waals surface area contributed by atoms with Gasteiger partial charge in [0.1, 0.15) is 108 Å². The first-order valence-corrected chi connectivity index (χ1v) is 38.1. The van der Waals surface area contributed by atoms with Gasteiger partial charge in [0.05, 0.1) is 12.8 Å². The zero-order valence-electron chi connectivity index (χ0n) is 65.2. The molecule has 6 heterocycles. The van der Waals surface area contributed by atoms with Crippen molar-refractivity contribution in [1.29, 1.82) is 0 Å². The molecular weight excluding hydrogens is 1470 g/mol. The summed E-state index contributed by atoms with van der Waals surface area (Å²) in [5.74, 6) is -13.7. The molecule has 0 aliphatic carbocycles. The van der Waals surface area contributed by atoms with Crippen LogP contribution in [0.5, 0.6) is 0 Å². The topological polar surface area (TPSA) is 375 Å². The van der Waals surface area contributed by atoms with E-state index >= 15 is 0 Å². The number of likely N-dealkylation sites (N-methyl/N-ethyl adjacent to an activating group) is 2. The molecule has 0 unspecified atom stereocenters. The number of ether oxygens (including phenoxy) is 2. The Hall–Kier alpha value is -10.9. The lowest BCUT2D eigenvalue weighted by Crippen LogP contribution is -2.63. The molecule has 6 aliphatic heterocycles. The number of benzene rings is 4. The number of esters is 2. The summed E-state index contributed by atoms with van der Waals surface area (Å²) in [6, 6.07) is 4.81. The Morgan fingerprint density at radius 1 is 0.478 bits per heavy atom. The molecule has 10 rings (SSSR count). The summed E-state index contributed by atoms with van der Waals surface area (Å²) >= 11 is 0. The number of hydrogen-bond acceptors (Lipinski definition) is 17. The van der Waals surface area contributed by atoms with Gasteiger partial charge in [-0.15, -0.1) is 0 Å². The van der Waals surface area contributed by atoms with Crippen molar-refractivity contribution in [2.24, 2.45) is 17.6 Å². The fourth-order valence-corrected chi connectivity index (χ4v) is 15.2. The largest absolute Gasteiger partial charge is 0.458 e. The SMILES string of the molecule is Cc1ccc(CC(=O)N[C@@H](Cc2cc(F)cc(F)c2)C(=O)N[C@@H]2C(=O)N3CCC[C@H]3C(=O)N(C)[C@@H](C)C(=O)N[C@@H](C)C(=O)N3C[C@H](C)C[C@H]3C(=O)O[C@H]2C)cc1.Cc1ccc(CC(=O)N[C@@H](Cc2cc(F)cc(F)c2)C(=O)N[C@@H]2C(=O)N3CCC[C@H]3C(=O)N(C)[C@@H](CN)C(=O)N[C@@H](C)C(=O)N3C[C@H](C)C[C@H]3C(=O)O[C@H]2C)cc1. The van der Waals surface area contributed by atoms with E-state index in [2.05, 4.69) is 31.9 Å². The summed E-state index contributed by atoms with van der Waals surface area (Å²) in [4.78, 5) is 201. The zero-order chi connectivity index (χ0) is 82.7. The number of aryl methyl sites for hydroxylation is 2. The monoisotopic (exact) mass is 1580 g/mol. The Kier molecular flexibility index (Phi) is 28.7. The van der Waals surface area contributed by atoms with E-state index in [0.717, 1.165) is 40.3 Å². The molecule has 0 spiro atoms. The normalized spacial score (nSPS) is 26.8. The predicted octanol–water partition coefficient (Wildman–Crippen LogP) is 2.04. The van der Waals surface area contributed by atoms with Crippen LogP contribution in [0.1, 0.15) is 120 Å². The minimum atomic E-state index is -1.63. The van der Waals surface area contributed by atoms with Crippen LogP contribution in [0, 0.1) is 49.0 Å². The molecule has 4 aromatic rings. The molecule has 29 nitrogen and oxygen atoms in total. The van der Waals surface area contributed by atoms with E-state index in [0.29, 0.717) is 36.1 Å². The van der Waals surface area contributed by atoms with E-state index in [9.17, 15) is 84.7 Å². The lowest BCUT2D eigenvalue weighted by Gasteiger charge is -2.36. The molecule has 12 amide bonds. The van der Waals surface area contributed by atoms with Crippen LogP contribution in [0.3, 0.4) is 0 Å². The van der Waals surface area contributed by atoms with Crippen molar-refractivity contribution in [3.63, 3.8) is 0 Å². The van der Waals surface area contributed by atoms with Crippen LogP contribution in [0.2, 0.25) is 0 Å². The smallest absolute Gasteiger partial charge is 0.329 e. The number of carbonyl (C=O) groups excluding carboxylic acids is 14. The second-order valence-electron chi connectivity index (χ2n) is 30.6. The molecule has 16 atom stereocenters. The lowest BCUT2D eigenvalue weighted by atomic mass is 10.0. The lowest BCUT2D eigenvalue weighted by molar-refractivity contribution is -0.163. The van der Waals surface area contributed by atoms with Crippen molar-refractivity contribution < 1.29 is 94.2 Å². The molecule has 6 saturated heterocycles. The number of rotatable bonds is 15. The maximum Gasteiger partial charge on any atom is 0.329 e. The molecule has 0 saturated carbocycles.